The van der Waals surface area contributed by atoms with Gasteiger partial charge in [0.05, 0.1) is 5.69 Å². The minimum absolute atomic E-state index is 0.725. The maximum atomic E-state index is 3.84. The molecule has 0 fully saturated rings. The molecule has 0 bridgehead atoms. The molecule has 2 aromatic rings. The summed E-state index contributed by atoms with van der Waals surface area (Å²) in [4.78, 5) is 0. The van der Waals surface area contributed by atoms with Crippen LogP contribution in [-0.2, 0) is 0 Å². The van der Waals surface area contributed by atoms with Crippen LogP contribution in [0, 0.1) is 5.92 Å². The van der Waals surface area contributed by atoms with Gasteiger partial charge in [0, 0.05) is 12.2 Å². The lowest BCUT2D eigenvalue weighted by molar-refractivity contribution is 0.607. The number of hydrogen-bond acceptors (Lipinski definition) is 4. The van der Waals surface area contributed by atoms with Gasteiger partial charge in [-0.1, -0.05) is 13.8 Å². The van der Waals surface area contributed by atoms with Crippen LogP contribution < -0.4 is 5.32 Å². The summed E-state index contributed by atoms with van der Waals surface area (Å²) in [5, 5.41) is 14.4. The Morgan fingerprint density at radius 3 is 2.59 bits per heavy atom. The smallest absolute Gasteiger partial charge is 0.143 e. The van der Waals surface area contributed by atoms with Crippen molar-refractivity contribution in [1.29, 1.82) is 0 Å². The second-order valence-electron chi connectivity index (χ2n) is 4.41. The van der Waals surface area contributed by atoms with Crippen molar-refractivity contribution in [3.8, 4) is 5.69 Å². The van der Waals surface area contributed by atoms with Gasteiger partial charge >= 0.3 is 0 Å². The van der Waals surface area contributed by atoms with E-state index in [2.05, 4.69) is 34.7 Å². The summed E-state index contributed by atoms with van der Waals surface area (Å²) in [6.07, 6.45) is 2.76. The van der Waals surface area contributed by atoms with E-state index in [0.717, 1.165) is 23.8 Å². The first-order valence-corrected chi connectivity index (χ1v) is 5.83. The van der Waals surface area contributed by atoms with Crippen molar-refractivity contribution in [1.82, 2.24) is 20.2 Å². The molecule has 0 saturated heterocycles. The molecule has 0 atom stereocenters. The number of benzene rings is 1. The van der Waals surface area contributed by atoms with Crippen LogP contribution in [0.5, 0.6) is 0 Å². The van der Waals surface area contributed by atoms with Gasteiger partial charge in [-0.05, 0) is 47.0 Å². The highest BCUT2D eigenvalue weighted by atomic mass is 15.5. The first-order chi connectivity index (χ1) is 8.25. The predicted octanol–water partition coefficient (Wildman–Crippen LogP) is 2.12. The maximum Gasteiger partial charge on any atom is 0.143 e. The summed E-state index contributed by atoms with van der Waals surface area (Å²) in [5.41, 5.74) is 2.09. The van der Waals surface area contributed by atoms with E-state index < -0.39 is 0 Å². The molecular weight excluding hydrogens is 214 g/mol. The summed E-state index contributed by atoms with van der Waals surface area (Å²) in [6.45, 7) is 5.45. The third kappa shape index (κ3) is 3.27. The molecule has 90 valence electrons. The fourth-order valence-corrected chi connectivity index (χ4v) is 1.52. The Morgan fingerprint density at radius 2 is 2.00 bits per heavy atom. The van der Waals surface area contributed by atoms with Gasteiger partial charge in [0.2, 0.25) is 0 Å². The monoisotopic (exact) mass is 231 g/mol. The molecule has 1 aromatic heterocycles. The Morgan fingerprint density at radius 1 is 1.24 bits per heavy atom. The zero-order valence-corrected chi connectivity index (χ0v) is 10.2. The Kier molecular flexibility index (Phi) is 3.69. The lowest BCUT2D eigenvalue weighted by Gasteiger charge is -2.08. The second kappa shape index (κ2) is 5.43. The average molecular weight is 231 g/mol. The van der Waals surface area contributed by atoms with Gasteiger partial charge in [-0.25, -0.2) is 4.68 Å². The largest absolute Gasteiger partial charge is 0.385 e. The molecule has 17 heavy (non-hydrogen) atoms. The first kappa shape index (κ1) is 11.6. The summed E-state index contributed by atoms with van der Waals surface area (Å²) in [6, 6.07) is 8.07. The van der Waals surface area contributed by atoms with Crippen molar-refractivity contribution in [3.63, 3.8) is 0 Å². The van der Waals surface area contributed by atoms with Crippen LogP contribution in [0.15, 0.2) is 30.6 Å². The Hall–Kier alpha value is -1.91. The van der Waals surface area contributed by atoms with Crippen molar-refractivity contribution >= 4 is 5.69 Å². The predicted molar refractivity (Wildman–Crippen MR) is 67.1 cm³/mol. The summed E-state index contributed by atoms with van der Waals surface area (Å²) in [5.74, 6) is 0.725. The van der Waals surface area contributed by atoms with E-state index in [1.807, 2.05) is 24.3 Å². The zero-order chi connectivity index (χ0) is 12.1. The van der Waals surface area contributed by atoms with Crippen LogP contribution in [0.4, 0.5) is 5.69 Å². The van der Waals surface area contributed by atoms with Crippen molar-refractivity contribution < 1.29 is 0 Å². The highest BCUT2D eigenvalue weighted by molar-refractivity contribution is 5.48. The SMILES string of the molecule is CC(C)CCNc1ccc(-n2cnnn2)cc1. The molecule has 0 unspecified atom stereocenters. The molecule has 1 heterocycles. The Labute approximate surface area is 101 Å². The van der Waals surface area contributed by atoms with Crippen molar-refractivity contribution in [2.24, 2.45) is 5.92 Å². The highest BCUT2D eigenvalue weighted by Crippen LogP contribution is 2.12. The Bertz CT molecular complexity index is 432. The van der Waals surface area contributed by atoms with Gasteiger partial charge in [-0.15, -0.1) is 5.10 Å². The number of tetrazole rings is 1. The quantitative estimate of drug-likeness (QED) is 0.856. The van der Waals surface area contributed by atoms with E-state index >= 15 is 0 Å². The van der Waals surface area contributed by atoms with Gasteiger partial charge in [-0.3, -0.25) is 0 Å². The van der Waals surface area contributed by atoms with Gasteiger partial charge in [0.1, 0.15) is 6.33 Å². The first-order valence-electron chi connectivity index (χ1n) is 5.83. The number of aromatic nitrogens is 4. The van der Waals surface area contributed by atoms with Crippen LogP contribution in [0.1, 0.15) is 20.3 Å². The molecule has 1 N–H and O–H groups in total. The molecule has 0 aliphatic heterocycles. The van der Waals surface area contributed by atoms with Gasteiger partial charge in [0.15, 0.2) is 0 Å². The Balaban J connectivity index is 1.94. The maximum absolute atomic E-state index is 3.84. The number of anilines is 1. The van der Waals surface area contributed by atoms with Crippen LogP contribution in [0.25, 0.3) is 5.69 Å². The molecule has 5 heteroatoms. The third-order valence-electron chi connectivity index (χ3n) is 2.53. The molecule has 0 saturated carbocycles. The van der Waals surface area contributed by atoms with E-state index in [-0.39, 0.29) is 0 Å². The minimum Gasteiger partial charge on any atom is -0.385 e. The van der Waals surface area contributed by atoms with Crippen molar-refractivity contribution in [2.45, 2.75) is 20.3 Å². The third-order valence-corrected chi connectivity index (χ3v) is 2.53. The zero-order valence-electron chi connectivity index (χ0n) is 10.2. The van der Waals surface area contributed by atoms with E-state index in [4.69, 9.17) is 0 Å². The molecule has 2 rings (SSSR count). The van der Waals surface area contributed by atoms with Crippen molar-refractivity contribution in [2.75, 3.05) is 11.9 Å². The molecule has 0 spiro atoms. The van der Waals surface area contributed by atoms with Crippen LogP contribution in [0.3, 0.4) is 0 Å². The number of rotatable bonds is 5. The second-order valence-corrected chi connectivity index (χ2v) is 4.41. The molecule has 0 amide bonds. The van der Waals surface area contributed by atoms with Gasteiger partial charge in [0.25, 0.3) is 0 Å². The fraction of sp³-hybridized carbons (Fsp3) is 0.417. The normalized spacial score (nSPS) is 10.8. The lowest BCUT2D eigenvalue weighted by atomic mass is 10.1. The number of hydrogen-bond donors (Lipinski definition) is 1. The molecule has 0 radical (unpaired) electrons. The molecule has 0 aliphatic carbocycles. The number of nitrogens with zero attached hydrogens (tertiary/aromatic N) is 4. The van der Waals surface area contributed by atoms with Crippen molar-refractivity contribution in [3.05, 3.63) is 30.6 Å². The van der Waals surface area contributed by atoms with Crippen LogP contribution in [-0.4, -0.2) is 26.8 Å². The van der Waals surface area contributed by atoms with E-state index in [1.54, 1.807) is 11.0 Å². The van der Waals surface area contributed by atoms with Crippen LogP contribution in [0.2, 0.25) is 0 Å². The van der Waals surface area contributed by atoms with Crippen LogP contribution >= 0.6 is 0 Å². The standard InChI is InChI=1S/C12H17N5/c1-10(2)7-8-13-11-3-5-12(6-4-11)17-9-14-15-16-17/h3-6,9-10,13H,7-8H2,1-2H3. The molecule has 0 aliphatic rings. The summed E-state index contributed by atoms with van der Waals surface area (Å²) < 4.78 is 1.64. The average Bonchev–Trinajstić information content (AvgIpc) is 2.83. The van der Waals surface area contributed by atoms with E-state index in [1.165, 1.54) is 6.42 Å². The molecular formula is C12H17N5. The van der Waals surface area contributed by atoms with E-state index in [0.29, 0.717) is 0 Å². The fourth-order valence-electron chi connectivity index (χ4n) is 1.52. The summed E-state index contributed by atoms with van der Waals surface area (Å²) in [7, 11) is 0. The minimum atomic E-state index is 0.725. The van der Waals surface area contributed by atoms with Gasteiger partial charge in [-0.2, -0.15) is 0 Å². The summed E-state index contributed by atoms with van der Waals surface area (Å²) >= 11 is 0. The lowest BCUT2D eigenvalue weighted by Crippen LogP contribution is -2.04. The topological polar surface area (TPSA) is 55.6 Å². The molecule has 1 aromatic carbocycles. The highest BCUT2D eigenvalue weighted by Gasteiger charge is 1.98. The number of nitrogens with one attached hydrogen (secondary N) is 1. The van der Waals surface area contributed by atoms with Gasteiger partial charge < -0.3 is 5.32 Å². The molecule has 5 nitrogen and oxygen atoms in total. The van der Waals surface area contributed by atoms with E-state index in [9.17, 15) is 0 Å².